The van der Waals surface area contributed by atoms with E-state index in [0.29, 0.717) is 5.71 Å². The molecule has 0 N–H and O–H groups in total. The van der Waals surface area contributed by atoms with Gasteiger partial charge in [0.2, 0.25) is 5.71 Å². The first-order chi connectivity index (χ1) is 20.0. The summed E-state index contributed by atoms with van der Waals surface area (Å²) in [4.78, 5) is 9.61. The summed E-state index contributed by atoms with van der Waals surface area (Å²) in [5.41, 5.74) is 7.43. The van der Waals surface area contributed by atoms with Crippen LogP contribution in [0.25, 0.3) is 55.4 Å². The minimum Gasteiger partial charge on any atom is -0.457 e. The van der Waals surface area contributed by atoms with Gasteiger partial charge in [-0.25, -0.2) is 4.98 Å². The molecule has 0 saturated carbocycles. The van der Waals surface area contributed by atoms with Crippen molar-refractivity contribution in [2.75, 3.05) is 0 Å². The van der Waals surface area contributed by atoms with Crippen LogP contribution < -0.4 is 4.74 Å². The molecule has 3 heterocycles. The fourth-order valence-corrected chi connectivity index (χ4v) is 5.75. The summed E-state index contributed by atoms with van der Waals surface area (Å²) >= 11 is 0. The first-order valence-corrected chi connectivity index (χ1v) is 14.5. The lowest BCUT2D eigenvalue weighted by atomic mass is 9.85. The SMILES string of the molecule is CC(C)(C)c1cc(Oc2cc(-c3ccccn3)ccc2C(C)(C)C)cc(-c2cc3ccc4cccc5oc(n2)c3c45)c1. The molecule has 4 heteroatoms. The molecule has 0 aliphatic carbocycles. The molecule has 42 heavy (non-hydrogen) atoms. The van der Waals surface area contributed by atoms with E-state index in [0.717, 1.165) is 61.3 Å². The van der Waals surface area contributed by atoms with E-state index in [2.05, 4.69) is 107 Å². The zero-order valence-corrected chi connectivity index (χ0v) is 24.9. The van der Waals surface area contributed by atoms with E-state index >= 15 is 0 Å². The van der Waals surface area contributed by atoms with E-state index < -0.39 is 0 Å². The van der Waals surface area contributed by atoms with Crippen LogP contribution in [-0.4, -0.2) is 9.97 Å². The van der Waals surface area contributed by atoms with Crippen LogP contribution in [-0.2, 0) is 10.8 Å². The highest BCUT2D eigenvalue weighted by atomic mass is 16.5. The normalized spacial score (nSPS) is 12.5. The lowest BCUT2D eigenvalue weighted by Gasteiger charge is -2.25. The van der Waals surface area contributed by atoms with E-state index in [1.165, 1.54) is 10.9 Å². The number of aromatic nitrogens is 2. The smallest absolute Gasteiger partial charge is 0.228 e. The zero-order chi connectivity index (χ0) is 29.2. The second-order valence-corrected chi connectivity index (χ2v) is 13.2. The van der Waals surface area contributed by atoms with E-state index in [-0.39, 0.29) is 10.8 Å². The molecule has 0 radical (unpaired) electrons. The molecule has 0 spiro atoms. The van der Waals surface area contributed by atoms with Gasteiger partial charge in [0, 0.05) is 28.3 Å². The van der Waals surface area contributed by atoms with Crippen molar-refractivity contribution in [2.45, 2.75) is 52.4 Å². The molecule has 0 aliphatic rings. The Morgan fingerprint density at radius 2 is 1.48 bits per heavy atom. The number of benzene rings is 4. The van der Waals surface area contributed by atoms with Crippen LogP contribution in [0, 0.1) is 0 Å². The van der Waals surface area contributed by atoms with E-state index in [4.69, 9.17) is 14.1 Å². The van der Waals surface area contributed by atoms with Gasteiger partial charge in [-0.1, -0.05) is 84.0 Å². The standard InChI is InChI=1S/C38H34N2O2/c1-37(2,3)27-18-26(31-20-25-14-13-23-10-9-12-32-34(23)35(25)36(40-31)42-32)19-28(22-27)41-33-21-24(30-11-7-8-17-39-30)15-16-29(33)38(4,5)6/h7-22H,1-6H3. The van der Waals surface area contributed by atoms with Gasteiger partial charge in [-0.05, 0) is 75.7 Å². The van der Waals surface area contributed by atoms with Gasteiger partial charge in [0.05, 0.1) is 16.8 Å². The molecule has 4 aromatic carbocycles. The predicted molar refractivity (Wildman–Crippen MR) is 173 cm³/mol. The molecule has 7 rings (SSSR count). The maximum atomic E-state index is 6.80. The van der Waals surface area contributed by atoms with Gasteiger partial charge in [-0.2, -0.15) is 0 Å². The molecule has 0 fully saturated rings. The van der Waals surface area contributed by atoms with Gasteiger partial charge < -0.3 is 9.15 Å². The quantitative estimate of drug-likeness (QED) is 0.205. The molecule has 3 aromatic heterocycles. The summed E-state index contributed by atoms with van der Waals surface area (Å²) in [6.45, 7) is 13.3. The third kappa shape index (κ3) is 4.57. The average molecular weight is 551 g/mol. The van der Waals surface area contributed by atoms with Crippen molar-refractivity contribution in [3.05, 3.63) is 108 Å². The number of rotatable bonds is 4. The monoisotopic (exact) mass is 550 g/mol. The average Bonchev–Trinajstić information content (AvgIpc) is 3.35. The lowest BCUT2D eigenvalue weighted by molar-refractivity contribution is 0.453. The summed E-state index contributed by atoms with van der Waals surface area (Å²) in [5.74, 6) is 1.60. The van der Waals surface area contributed by atoms with Crippen molar-refractivity contribution in [3.8, 4) is 34.0 Å². The van der Waals surface area contributed by atoms with Crippen LogP contribution in [0.3, 0.4) is 0 Å². The van der Waals surface area contributed by atoms with Crippen molar-refractivity contribution in [1.82, 2.24) is 9.97 Å². The number of furan rings is 1. The maximum absolute atomic E-state index is 6.80. The van der Waals surface area contributed by atoms with Crippen LogP contribution in [0.1, 0.15) is 52.7 Å². The van der Waals surface area contributed by atoms with Crippen LogP contribution >= 0.6 is 0 Å². The maximum Gasteiger partial charge on any atom is 0.228 e. The minimum atomic E-state index is -0.107. The van der Waals surface area contributed by atoms with E-state index in [9.17, 15) is 0 Å². The molecule has 7 aromatic rings. The summed E-state index contributed by atoms with van der Waals surface area (Å²) < 4.78 is 13.1. The highest BCUT2D eigenvalue weighted by Crippen LogP contribution is 2.41. The minimum absolute atomic E-state index is 0.0939. The second-order valence-electron chi connectivity index (χ2n) is 13.2. The van der Waals surface area contributed by atoms with Crippen LogP contribution in [0.4, 0.5) is 0 Å². The zero-order valence-electron chi connectivity index (χ0n) is 24.9. The van der Waals surface area contributed by atoms with Crippen molar-refractivity contribution < 1.29 is 9.15 Å². The number of nitrogens with zero attached hydrogens (tertiary/aromatic N) is 2. The van der Waals surface area contributed by atoms with Gasteiger partial charge in [0.25, 0.3) is 0 Å². The Hall–Kier alpha value is -4.70. The number of hydrogen-bond donors (Lipinski definition) is 0. The Balaban J connectivity index is 1.38. The third-order valence-corrected chi connectivity index (χ3v) is 8.02. The van der Waals surface area contributed by atoms with Crippen LogP contribution in [0.15, 0.2) is 102 Å². The largest absolute Gasteiger partial charge is 0.457 e. The topological polar surface area (TPSA) is 48.2 Å². The first kappa shape index (κ1) is 26.2. The summed E-state index contributed by atoms with van der Waals surface area (Å²) in [6, 6.07) is 31.5. The van der Waals surface area contributed by atoms with E-state index in [1.54, 1.807) is 0 Å². The Kier molecular flexibility index (Phi) is 5.88. The third-order valence-electron chi connectivity index (χ3n) is 8.02. The molecule has 208 valence electrons. The van der Waals surface area contributed by atoms with Gasteiger partial charge in [-0.3, -0.25) is 4.98 Å². The fraction of sp³-hybridized carbons (Fsp3) is 0.211. The van der Waals surface area contributed by atoms with Crippen molar-refractivity contribution >= 4 is 32.8 Å². The van der Waals surface area contributed by atoms with Crippen molar-refractivity contribution in [3.63, 3.8) is 0 Å². The summed E-state index contributed by atoms with van der Waals surface area (Å²) in [6.07, 6.45) is 1.82. The molecule has 0 saturated heterocycles. The Morgan fingerprint density at radius 1 is 0.643 bits per heavy atom. The highest BCUT2D eigenvalue weighted by molar-refractivity contribution is 6.21. The number of ether oxygens (including phenoxy) is 1. The molecule has 0 aliphatic heterocycles. The van der Waals surface area contributed by atoms with Crippen LogP contribution in [0.5, 0.6) is 11.5 Å². The number of pyridine rings is 2. The van der Waals surface area contributed by atoms with Crippen molar-refractivity contribution in [1.29, 1.82) is 0 Å². The first-order valence-electron chi connectivity index (χ1n) is 14.5. The number of hydrogen-bond acceptors (Lipinski definition) is 4. The van der Waals surface area contributed by atoms with Gasteiger partial charge >= 0.3 is 0 Å². The highest BCUT2D eigenvalue weighted by Gasteiger charge is 2.23. The molecule has 4 nitrogen and oxygen atoms in total. The predicted octanol–water partition coefficient (Wildman–Crippen LogP) is 10.7. The Bertz CT molecular complexity index is 2080. The summed E-state index contributed by atoms with van der Waals surface area (Å²) in [5, 5.41) is 4.51. The lowest BCUT2D eigenvalue weighted by Crippen LogP contribution is -2.13. The fourth-order valence-electron chi connectivity index (χ4n) is 5.75. The Labute approximate surface area is 246 Å². The van der Waals surface area contributed by atoms with Gasteiger partial charge in [0.1, 0.15) is 17.1 Å². The second kappa shape index (κ2) is 9.42. The molecule has 0 bridgehead atoms. The molecular formula is C38H34N2O2. The molecule has 0 unspecified atom stereocenters. The van der Waals surface area contributed by atoms with Gasteiger partial charge in [-0.15, -0.1) is 0 Å². The Morgan fingerprint density at radius 3 is 2.24 bits per heavy atom. The van der Waals surface area contributed by atoms with Crippen LogP contribution in [0.2, 0.25) is 0 Å². The molecular weight excluding hydrogens is 516 g/mol. The molecule has 0 atom stereocenters. The summed E-state index contributed by atoms with van der Waals surface area (Å²) in [7, 11) is 0. The molecule has 0 amide bonds. The van der Waals surface area contributed by atoms with E-state index in [1.807, 2.05) is 36.5 Å². The van der Waals surface area contributed by atoms with Crippen molar-refractivity contribution in [2.24, 2.45) is 0 Å². The van der Waals surface area contributed by atoms with Gasteiger partial charge in [0.15, 0.2) is 0 Å².